The van der Waals surface area contributed by atoms with E-state index in [0.29, 0.717) is 12.5 Å². The summed E-state index contributed by atoms with van der Waals surface area (Å²) in [5.41, 5.74) is 9.51. The number of aryl methyl sites for hydroxylation is 2. The van der Waals surface area contributed by atoms with Crippen LogP contribution in [-0.4, -0.2) is 38.0 Å². The highest BCUT2D eigenvalue weighted by molar-refractivity contribution is 5.92. The highest BCUT2D eigenvalue weighted by Crippen LogP contribution is 2.17. The zero-order valence-electron chi connectivity index (χ0n) is 13.6. The Hall–Kier alpha value is -1.55. The van der Waals surface area contributed by atoms with Crippen LogP contribution < -0.4 is 11.1 Å². The third kappa shape index (κ3) is 6.06. The first-order chi connectivity index (χ1) is 9.18. The average molecular weight is 276 g/mol. The lowest BCUT2D eigenvalue weighted by Gasteiger charge is -2.26. The van der Waals surface area contributed by atoms with Crippen LogP contribution in [0.15, 0.2) is 23.2 Å². The summed E-state index contributed by atoms with van der Waals surface area (Å²) < 4.78 is 0. The third-order valence-corrected chi connectivity index (χ3v) is 2.92. The summed E-state index contributed by atoms with van der Waals surface area (Å²) >= 11 is 0. The van der Waals surface area contributed by atoms with Crippen molar-refractivity contribution in [3.8, 4) is 0 Å². The predicted octanol–water partition coefficient (Wildman–Crippen LogP) is 2.62. The summed E-state index contributed by atoms with van der Waals surface area (Å²) in [7, 11) is 4.14. The van der Waals surface area contributed by atoms with Gasteiger partial charge in [-0.1, -0.05) is 19.9 Å². The molecular formula is C16H28N4. The van der Waals surface area contributed by atoms with Gasteiger partial charge in [0.1, 0.15) is 0 Å². The summed E-state index contributed by atoms with van der Waals surface area (Å²) in [6.07, 6.45) is 0. The first-order valence-corrected chi connectivity index (χ1v) is 6.98. The minimum absolute atomic E-state index is 0.109. The number of hydrogen-bond acceptors (Lipinski definition) is 2. The molecule has 4 heteroatoms. The van der Waals surface area contributed by atoms with Gasteiger partial charge in [0.15, 0.2) is 5.96 Å². The van der Waals surface area contributed by atoms with Crippen LogP contribution in [0, 0.1) is 19.3 Å². The third-order valence-electron chi connectivity index (χ3n) is 2.92. The van der Waals surface area contributed by atoms with Crippen molar-refractivity contribution in [2.24, 2.45) is 16.1 Å². The molecular weight excluding hydrogens is 248 g/mol. The smallest absolute Gasteiger partial charge is 0.193 e. The van der Waals surface area contributed by atoms with Gasteiger partial charge in [-0.2, -0.15) is 0 Å². The van der Waals surface area contributed by atoms with Crippen LogP contribution in [0.5, 0.6) is 0 Å². The van der Waals surface area contributed by atoms with E-state index in [1.807, 2.05) is 0 Å². The van der Waals surface area contributed by atoms with Crippen LogP contribution in [0.3, 0.4) is 0 Å². The lowest BCUT2D eigenvalue weighted by atomic mass is 9.93. The Balaban J connectivity index is 2.66. The van der Waals surface area contributed by atoms with E-state index in [2.05, 4.69) is 75.2 Å². The predicted molar refractivity (Wildman–Crippen MR) is 88.4 cm³/mol. The quantitative estimate of drug-likeness (QED) is 0.642. The number of nitrogens with zero attached hydrogens (tertiary/aromatic N) is 2. The maximum atomic E-state index is 5.97. The Morgan fingerprint density at radius 3 is 2.25 bits per heavy atom. The molecule has 112 valence electrons. The molecule has 3 N–H and O–H groups in total. The fraction of sp³-hybridized carbons (Fsp3) is 0.562. The number of nitrogens with one attached hydrogen (secondary N) is 1. The van der Waals surface area contributed by atoms with E-state index in [-0.39, 0.29) is 5.41 Å². The molecule has 20 heavy (non-hydrogen) atoms. The molecule has 0 spiro atoms. The Labute approximate surface area is 123 Å². The first-order valence-electron chi connectivity index (χ1n) is 6.98. The van der Waals surface area contributed by atoms with Gasteiger partial charge in [-0.3, -0.25) is 4.99 Å². The van der Waals surface area contributed by atoms with Crippen LogP contribution in [0.25, 0.3) is 0 Å². The van der Waals surface area contributed by atoms with E-state index in [0.717, 1.165) is 12.2 Å². The molecule has 0 aliphatic carbocycles. The number of anilines is 1. The molecule has 0 saturated heterocycles. The number of guanidine groups is 1. The summed E-state index contributed by atoms with van der Waals surface area (Å²) in [4.78, 5) is 6.63. The number of rotatable bonds is 5. The molecule has 0 amide bonds. The second-order valence-corrected chi connectivity index (χ2v) is 6.60. The summed E-state index contributed by atoms with van der Waals surface area (Å²) in [5, 5.41) is 3.16. The Morgan fingerprint density at radius 2 is 1.75 bits per heavy atom. The van der Waals surface area contributed by atoms with E-state index in [4.69, 9.17) is 5.73 Å². The molecule has 0 unspecified atom stereocenters. The van der Waals surface area contributed by atoms with Gasteiger partial charge in [0.05, 0.1) is 0 Å². The van der Waals surface area contributed by atoms with Crippen LogP contribution in [-0.2, 0) is 0 Å². The fourth-order valence-electron chi connectivity index (χ4n) is 2.44. The van der Waals surface area contributed by atoms with Crippen LogP contribution in [0.1, 0.15) is 25.0 Å². The summed E-state index contributed by atoms with van der Waals surface area (Å²) in [5.74, 6) is 0.474. The number of aliphatic imine (C=N–C) groups is 1. The van der Waals surface area contributed by atoms with Crippen molar-refractivity contribution in [1.82, 2.24) is 4.90 Å². The Morgan fingerprint density at radius 1 is 1.20 bits per heavy atom. The zero-order chi connectivity index (χ0) is 15.3. The number of benzene rings is 1. The maximum absolute atomic E-state index is 5.97. The monoisotopic (exact) mass is 276 g/mol. The second-order valence-electron chi connectivity index (χ2n) is 6.60. The zero-order valence-corrected chi connectivity index (χ0v) is 13.6. The van der Waals surface area contributed by atoms with E-state index >= 15 is 0 Å². The van der Waals surface area contributed by atoms with E-state index < -0.39 is 0 Å². The highest BCUT2D eigenvalue weighted by atomic mass is 15.1. The largest absolute Gasteiger partial charge is 0.370 e. The fourth-order valence-corrected chi connectivity index (χ4v) is 2.44. The van der Waals surface area contributed by atoms with Gasteiger partial charge in [0.25, 0.3) is 0 Å². The van der Waals surface area contributed by atoms with Crippen molar-refractivity contribution in [1.29, 1.82) is 0 Å². The molecule has 0 aromatic heterocycles. The molecule has 1 aromatic carbocycles. The lowest BCUT2D eigenvalue weighted by Crippen LogP contribution is -2.32. The first kappa shape index (κ1) is 16.5. The standard InChI is InChI=1S/C16H28N4/c1-12-7-13(2)9-14(8-12)19-15(17)18-10-16(3,4)11-20(5)6/h7-9H,10-11H2,1-6H3,(H3,17,18,19). The number of nitrogens with two attached hydrogens (primary N) is 1. The number of hydrogen-bond donors (Lipinski definition) is 2. The molecule has 0 fully saturated rings. The Bertz CT molecular complexity index is 455. The van der Waals surface area contributed by atoms with Gasteiger partial charge in [0.2, 0.25) is 0 Å². The van der Waals surface area contributed by atoms with Gasteiger partial charge < -0.3 is 16.0 Å². The van der Waals surface area contributed by atoms with E-state index in [1.165, 1.54) is 11.1 Å². The van der Waals surface area contributed by atoms with Gasteiger partial charge in [-0.25, -0.2) is 0 Å². The van der Waals surface area contributed by atoms with Crippen LogP contribution in [0.4, 0.5) is 5.69 Å². The minimum Gasteiger partial charge on any atom is -0.370 e. The molecule has 4 nitrogen and oxygen atoms in total. The minimum atomic E-state index is 0.109. The summed E-state index contributed by atoms with van der Waals surface area (Å²) in [6.45, 7) is 10.2. The van der Waals surface area contributed by atoms with Gasteiger partial charge >= 0.3 is 0 Å². The van der Waals surface area contributed by atoms with E-state index in [9.17, 15) is 0 Å². The van der Waals surface area contributed by atoms with Crippen molar-refractivity contribution in [3.63, 3.8) is 0 Å². The average Bonchev–Trinajstić information content (AvgIpc) is 2.23. The van der Waals surface area contributed by atoms with Crippen molar-refractivity contribution >= 4 is 11.6 Å². The molecule has 0 radical (unpaired) electrons. The van der Waals surface area contributed by atoms with Crippen LogP contribution >= 0.6 is 0 Å². The Kier molecular flexibility index (Phi) is 5.57. The van der Waals surface area contributed by atoms with Gasteiger partial charge in [-0.15, -0.1) is 0 Å². The van der Waals surface area contributed by atoms with Crippen molar-refractivity contribution in [2.75, 3.05) is 32.5 Å². The second kappa shape index (κ2) is 6.75. The summed E-state index contributed by atoms with van der Waals surface area (Å²) in [6, 6.07) is 6.28. The van der Waals surface area contributed by atoms with Crippen molar-refractivity contribution < 1.29 is 0 Å². The molecule has 0 aliphatic heterocycles. The normalized spacial score (nSPS) is 12.8. The molecule has 0 aliphatic rings. The van der Waals surface area contributed by atoms with Gasteiger partial charge in [0, 0.05) is 18.8 Å². The topological polar surface area (TPSA) is 53.6 Å². The molecule has 0 atom stereocenters. The van der Waals surface area contributed by atoms with E-state index in [1.54, 1.807) is 0 Å². The molecule has 0 saturated carbocycles. The SMILES string of the molecule is Cc1cc(C)cc(NC(N)=NCC(C)(C)CN(C)C)c1. The molecule has 0 heterocycles. The van der Waals surface area contributed by atoms with Crippen molar-refractivity contribution in [2.45, 2.75) is 27.7 Å². The lowest BCUT2D eigenvalue weighted by molar-refractivity contribution is 0.249. The maximum Gasteiger partial charge on any atom is 0.193 e. The molecule has 1 rings (SSSR count). The van der Waals surface area contributed by atoms with Gasteiger partial charge in [-0.05, 0) is 56.6 Å². The van der Waals surface area contributed by atoms with Crippen molar-refractivity contribution in [3.05, 3.63) is 29.3 Å². The highest BCUT2D eigenvalue weighted by Gasteiger charge is 2.18. The molecule has 0 bridgehead atoms. The molecule has 1 aromatic rings. The van der Waals surface area contributed by atoms with Crippen LogP contribution in [0.2, 0.25) is 0 Å².